The number of nitrogens with zero attached hydrogens (tertiary/aromatic N) is 1. The van der Waals surface area contributed by atoms with Crippen LogP contribution in [0.3, 0.4) is 0 Å². The molecule has 0 saturated heterocycles. The van der Waals surface area contributed by atoms with Crippen molar-refractivity contribution in [2.75, 3.05) is 10.6 Å². The highest BCUT2D eigenvalue weighted by Gasteiger charge is 2.12. The number of urea groups is 1. The van der Waals surface area contributed by atoms with Gasteiger partial charge in [0.05, 0.1) is 0 Å². The summed E-state index contributed by atoms with van der Waals surface area (Å²) in [6, 6.07) is 7.77. The average Bonchev–Trinajstić information content (AvgIpc) is 2.40. The van der Waals surface area contributed by atoms with E-state index in [1.165, 1.54) is 6.07 Å². The quantitative estimate of drug-likeness (QED) is 0.646. The molecule has 0 fully saturated rings. The highest BCUT2D eigenvalue weighted by atomic mass is 16.8. The van der Waals surface area contributed by atoms with Crippen LogP contribution in [0.1, 0.15) is 11.1 Å². The fourth-order valence-corrected chi connectivity index (χ4v) is 1.82. The van der Waals surface area contributed by atoms with Crippen LogP contribution < -0.4 is 15.9 Å². The molecule has 7 heteroatoms. The molecule has 0 saturated carbocycles. The zero-order valence-corrected chi connectivity index (χ0v) is 11.7. The maximum atomic E-state index is 11.9. The smallest absolute Gasteiger partial charge is 0.325 e. The van der Waals surface area contributed by atoms with Crippen molar-refractivity contribution in [2.45, 2.75) is 13.8 Å². The van der Waals surface area contributed by atoms with Gasteiger partial charge in [-0.05, 0) is 43.2 Å². The highest BCUT2D eigenvalue weighted by molar-refractivity contribution is 6.00. The van der Waals surface area contributed by atoms with Gasteiger partial charge in [0.25, 0.3) is 0 Å². The van der Waals surface area contributed by atoms with Crippen LogP contribution in [0.4, 0.5) is 22.0 Å². The first-order chi connectivity index (χ1) is 9.95. The van der Waals surface area contributed by atoms with Gasteiger partial charge in [0.2, 0.25) is 0 Å². The summed E-state index contributed by atoms with van der Waals surface area (Å²) in [5.74, 6) is 0.400. The number of benzene rings is 1. The number of rotatable bonds is 3. The van der Waals surface area contributed by atoms with Crippen molar-refractivity contribution in [1.29, 1.82) is 0 Å². The van der Waals surface area contributed by atoms with Gasteiger partial charge in [0.1, 0.15) is 11.5 Å². The molecule has 2 amide bonds. The van der Waals surface area contributed by atoms with Crippen LogP contribution in [-0.2, 0) is 0 Å². The number of carbonyl (C=O) groups excluding carboxylic acids is 1. The summed E-state index contributed by atoms with van der Waals surface area (Å²) in [6.07, 6.45) is 1.58. The molecule has 0 radical (unpaired) electrons. The Balaban J connectivity index is 2.13. The average molecular weight is 288 g/mol. The third-order valence-electron chi connectivity index (χ3n) is 2.81. The summed E-state index contributed by atoms with van der Waals surface area (Å²) >= 11 is 0. The van der Waals surface area contributed by atoms with E-state index in [4.69, 9.17) is 5.21 Å². The molecular formula is C14H16N4O3. The second-order valence-electron chi connectivity index (χ2n) is 4.65. The van der Waals surface area contributed by atoms with Crippen molar-refractivity contribution in [3.05, 3.63) is 52.9 Å². The molecule has 0 bridgehead atoms. The number of nitrogens with one attached hydrogen (secondary N) is 3. The summed E-state index contributed by atoms with van der Waals surface area (Å²) in [5.41, 5.74) is 2.04. The van der Waals surface area contributed by atoms with Gasteiger partial charge in [-0.1, -0.05) is 6.07 Å². The van der Waals surface area contributed by atoms with E-state index in [0.29, 0.717) is 5.82 Å². The Kier molecular flexibility index (Phi) is 4.49. The van der Waals surface area contributed by atoms with Gasteiger partial charge in [-0.2, -0.15) is 5.23 Å². The Hall–Kier alpha value is -2.48. The number of hydrogen-bond acceptors (Lipinski definition) is 4. The molecule has 0 aliphatic heterocycles. The zero-order chi connectivity index (χ0) is 15.4. The number of quaternary nitrogens is 1. The number of anilines is 2. The third-order valence-corrected chi connectivity index (χ3v) is 2.81. The minimum absolute atomic E-state index is 0.0438. The van der Waals surface area contributed by atoms with Gasteiger partial charge in [0, 0.05) is 12.3 Å². The molecule has 1 aromatic heterocycles. The molecule has 7 nitrogen and oxygen atoms in total. The van der Waals surface area contributed by atoms with Crippen LogP contribution in [0.5, 0.6) is 0 Å². The largest absolute Gasteiger partial charge is 0.595 e. The SMILES string of the molecule is Cc1ccnc(NC(=O)Nc2ccc(C)cc2[NH+]([O-])O)c1. The standard InChI is InChI=1S/C14H16N4O3/c1-9-3-4-11(12(7-9)18(20)21)16-14(19)17-13-8-10(2)5-6-15-13/h3-8,18,20H,1-2H3,(H2,15,16,17,19). The Morgan fingerprint density at radius 2 is 1.90 bits per heavy atom. The van der Waals surface area contributed by atoms with Crippen molar-refractivity contribution in [1.82, 2.24) is 4.98 Å². The van der Waals surface area contributed by atoms with E-state index in [2.05, 4.69) is 15.6 Å². The predicted molar refractivity (Wildman–Crippen MR) is 78.6 cm³/mol. The molecule has 2 aromatic rings. The van der Waals surface area contributed by atoms with Crippen LogP contribution in [0.2, 0.25) is 0 Å². The Labute approximate surface area is 121 Å². The van der Waals surface area contributed by atoms with Crippen LogP contribution >= 0.6 is 0 Å². The minimum atomic E-state index is -1.09. The fraction of sp³-hybridized carbons (Fsp3) is 0.143. The van der Waals surface area contributed by atoms with E-state index in [-0.39, 0.29) is 11.4 Å². The van der Waals surface area contributed by atoms with E-state index in [1.54, 1.807) is 31.3 Å². The van der Waals surface area contributed by atoms with Crippen molar-refractivity contribution in [3.8, 4) is 0 Å². The van der Waals surface area contributed by atoms with Gasteiger partial charge in [-0.25, -0.2) is 15.0 Å². The van der Waals surface area contributed by atoms with Crippen LogP contribution in [0, 0.1) is 19.1 Å². The first kappa shape index (κ1) is 14.9. The molecule has 110 valence electrons. The number of pyridine rings is 1. The van der Waals surface area contributed by atoms with Crippen LogP contribution in [0.25, 0.3) is 0 Å². The first-order valence-electron chi connectivity index (χ1n) is 6.30. The maximum Gasteiger partial charge on any atom is 0.325 e. The van der Waals surface area contributed by atoms with Gasteiger partial charge in [-0.3, -0.25) is 5.32 Å². The van der Waals surface area contributed by atoms with Crippen molar-refractivity contribution < 1.29 is 15.2 Å². The lowest BCUT2D eigenvalue weighted by molar-refractivity contribution is -0.990. The lowest BCUT2D eigenvalue weighted by Gasteiger charge is -2.16. The summed E-state index contributed by atoms with van der Waals surface area (Å²) in [6.45, 7) is 3.67. The molecule has 0 aliphatic rings. The van der Waals surface area contributed by atoms with Crippen molar-refractivity contribution >= 4 is 23.2 Å². The number of aryl methyl sites for hydroxylation is 2. The Morgan fingerprint density at radius 1 is 1.19 bits per heavy atom. The zero-order valence-electron chi connectivity index (χ0n) is 11.7. The monoisotopic (exact) mass is 288 g/mol. The molecule has 2 rings (SSSR count). The van der Waals surface area contributed by atoms with Gasteiger partial charge >= 0.3 is 6.03 Å². The Bertz CT molecular complexity index is 658. The Morgan fingerprint density at radius 3 is 2.57 bits per heavy atom. The fourth-order valence-electron chi connectivity index (χ4n) is 1.82. The molecule has 1 aromatic carbocycles. The molecule has 4 N–H and O–H groups in total. The highest BCUT2D eigenvalue weighted by Crippen LogP contribution is 2.19. The number of carbonyl (C=O) groups is 1. The topological polar surface area (TPSA) is 102 Å². The van der Waals surface area contributed by atoms with E-state index < -0.39 is 11.3 Å². The molecule has 1 unspecified atom stereocenters. The van der Waals surface area contributed by atoms with Crippen LogP contribution in [0.15, 0.2) is 36.5 Å². The molecule has 1 heterocycles. The molecular weight excluding hydrogens is 272 g/mol. The second-order valence-corrected chi connectivity index (χ2v) is 4.65. The van der Waals surface area contributed by atoms with Gasteiger partial charge in [-0.15, -0.1) is 0 Å². The molecule has 1 atom stereocenters. The van der Waals surface area contributed by atoms with Gasteiger partial charge in [0.15, 0.2) is 5.69 Å². The molecule has 0 spiro atoms. The van der Waals surface area contributed by atoms with Crippen LogP contribution in [-0.4, -0.2) is 16.2 Å². The predicted octanol–water partition coefficient (Wildman–Crippen LogP) is 1.75. The summed E-state index contributed by atoms with van der Waals surface area (Å²) in [7, 11) is 0. The number of aromatic nitrogens is 1. The normalized spacial score (nSPS) is 11.8. The minimum Gasteiger partial charge on any atom is -0.595 e. The maximum absolute atomic E-state index is 11.9. The lowest BCUT2D eigenvalue weighted by atomic mass is 10.2. The third kappa shape index (κ3) is 3.99. The van der Waals surface area contributed by atoms with E-state index in [0.717, 1.165) is 11.1 Å². The van der Waals surface area contributed by atoms with E-state index >= 15 is 0 Å². The molecule has 21 heavy (non-hydrogen) atoms. The van der Waals surface area contributed by atoms with E-state index in [1.807, 2.05) is 13.0 Å². The lowest BCUT2D eigenvalue weighted by Crippen LogP contribution is -2.99. The number of hydrogen-bond donors (Lipinski definition) is 4. The van der Waals surface area contributed by atoms with Gasteiger partial charge < -0.3 is 10.5 Å². The summed E-state index contributed by atoms with van der Waals surface area (Å²) in [4.78, 5) is 15.9. The first-order valence-corrected chi connectivity index (χ1v) is 6.30. The molecule has 0 aliphatic carbocycles. The van der Waals surface area contributed by atoms with E-state index in [9.17, 15) is 10.0 Å². The van der Waals surface area contributed by atoms with Crippen molar-refractivity contribution in [3.63, 3.8) is 0 Å². The summed E-state index contributed by atoms with van der Waals surface area (Å²) < 4.78 is 0. The number of amides is 2. The van der Waals surface area contributed by atoms with Crippen molar-refractivity contribution in [2.24, 2.45) is 0 Å². The second kappa shape index (κ2) is 6.31. The summed E-state index contributed by atoms with van der Waals surface area (Å²) in [5, 5.41) is 24.3.